The molecule has 6 heteroatoms. The van der Waals surface area contributed by atoms with Crippen molar-refractivity contribution in [2.24, 2.45) is 0 Å². The number of nitrogens with zero attached hydrogens (tertiary/aromatic N) is 3. The molecule has 1 atom stereocenters. The Morgan fingerprint density at radius 3 is 3.11 bits per heavy atom. The second-order valence-corrected chi connectivity index (χ2v) is 9.07. The van der Waals surface area contributed by atoms with E-state index in [0.717, 1.165) is 28.3 Å². The number of piperidine rings is 1. The molecule has 4 aromatic rings. The van der Waals surface area contributed by atoms with Gasteiger partial charge in [0.15, 0.2) is 0 Å². The molecule has 0 aliphatic carbocycles. The maximum atomic E-state index is 4.63. The Hall–Kier alpha value is -2.02. The molecule has 1 fully saturated rings. The summed E-state index contributed by atoms with van der Waals surface area (Å²) in [6.45, 7) is 5.82. The van der Waals surface area contributed by atoms with Crippen LogP contribution in [0.2, 0.25) is 0 Å². The Morgan fingerprint density at radius 2 is 2.19 bits per heavy atom. The quantitative estimate of drug-likeness (QED) is 0.471. The van der Waals surface area contributed by atoms with Crippen molar-refractivity contribution in [1.29, 1.82) is 0 Å². The molecular formula is C21H22N4S2. The summed E-state index contributed by atoms with van der Waals surface area (Å²) in [6, 6.07) is 10.8. The van der Waals surface area contributed by atoms with Crippen LogP contribution in [0.15, 0.2) is 42.0 Å². The maximum Gasteiger partial charge on any atom is 0.125 e. The minimum absolute atomic E-state index is 0.636. The van der Waals surface area contributed by atoms with Crippen LogP contribution < -0.4 is 5.32 Å². The van der Waals surface area contributed by atoms with Gasteiger partial charge in [0, 0.05) is 34.6 Å². The molecule has 1 aliphatic rings. The Bertz CT molecular complexity index is 1080. The Morgan fingerprint density at radius 1 is 1.22 bits per heavy atom. The molecule has 1 saturated heterocycles. The first-order valence-electron chi connectivity index (χ1n) is 9.51. The summed E-state index contributed by atoms with van der Waals surface area (Å²) in [5, 5.41) is 4.81. The van der Waals surface area contributed by atoms with Crippen LogP contribution in [0.25, 0.3) is 20.4 Å². The molecule has 1 unspecified atom stereocenters. The standard InChI is InChI=1S/C21H22N4S2/c1-2-25-9-3-4-14(12-25)20-11-16-17(7-8-22-21(16)27-20)24-15-5-6-19-18(10-15)23-13-26-19/h5-8,10-11,13-14H,2-4,9,12H2,1H3,(H,22,24). The van der Waals surface area contributed by atoms with Crippen molar-refractivity contribution in [2.45, 2.75) is 25.7 Å². The smallest absolute Gasteiger partial charge is 0.125 e. The number of hydrogen-bond acceptors (Lipinski definition) is 6. The van der Waals surface area contributed by atoms with Gasteiger partial charge in [-0.3, -0.25) is 0 Å². The van der Waals surface area contributed by atoms with E-state index in [2.05, 4.69) is 57.4 Å². The zero-order valence-electron chi connectivity index (χ0n) is 15.3. The van der Waals surface area contributed by atoms with E-state index in [0.29, 0.717) is 5.92 Å². The molecule has 1 aliphatic heterocycles. The van der Waals surface area contributed by atoms with Gasteiger partial charge in [0.2, 0.25) is 0 Å². The van der Waals surface area contributed by atoms with Crippen LogP contribution in [0.3, 0.4) is 0 Å². The number of hydrogen-bond donors (Lipinski definition) is 1. The molecule has 0 saturated carbocycles. The average molecular weight is 395 g/mol. The van der Waals surface area contributed by atoms with E-state index >= 15 is 0 Å². The Labute approximate surface area is 166 Å². The molecule has 0 spiro atoms. The normalized spacial score (nSPS) is 18.3. The van der Waals surface area contributed by atoms with E-state index in [4.69, 9.17) is 0 Å². The zero-order chi connectivity index (χ0) is 18.2. The third kappa shape index (κ3) is 3.33. The largest absolute Gasteiger partial charge is 0.355 e. The van der Waals surface area contributed by atoms with Gasteiger partial charge in [-0.05, 0) is 56.3 Å². The second-order valence-electron chi connectivity index (χ2n) is 7.12. The highest BCUT2D eigenvalue weighted by atomic mass is 32.1. The van der Waals surface area contributed by atoms with E-state index in [1.807, 2.05) is 23.0 Å². The van der Waals surface area contributed by atoms with Gasteiger partial charge >= 0.3 is 0 Å². The van der Waals surface area contributed by atoms with Crippen molar-refractivity contribution < 1.29 is 0 Å². The molecular weight excluding hydrogens is 372 g/mol. The lowest BCUT2D eigenvalue weighted by Gasteiger charge is -2.31. The number of anilines is 2. The van der Waals surface area contributed by atoms with Crippen LogP contribution in [-0.4, -0.2) is 34.5 Å². The van der Waals surface area contributed by atoms with Crippen molar-refractivity contribution in [3.8, 4) is 0 Å². The summed E-state index contributed by atoms with van der Waals surface area (Å²) in [4.78, 5) is 14.2. The molecule has 0 amide bonds. The number of likely N-dealkylation sites (tertiary alicyclic amines) is 1. The maximum absolute atomic E-state index is 4.63. The van der Waals surface area contributed by atoms with Crippen molar-refractivity contribution in [3.63, 3.8) is 0 Å². The summed E-state index contributed by atoms with van der Waals surface area (Å²) in [7, 11) is 0. The van der Waals surface area contributed by atoms with E-state index in [-0.39, 0.29) is 0 Å². The number of nitrogens with one attached hydrogen (secondary N) is 1. The topological polar surface area (TPSA) is 41.0 Å². The van der Waals surface area contributed by atoms with Crippen LogP contribution in [-0.2, 0) is 0 Å². The lowest BCUT2D eigenvalue weighted by Crippen LogP contribution is -2.33. The number of thiophene rings is 1. The zero-order valence-corrected chi connectivity index (χ0v) is 16.9. The molecule has 4 nitrogen and oxygen atoms in total. The van der Waals surface area contributed by atoms with Crippen molar-refractivity contribution >= 4 is 54.5 Å². The molecule has 5 rings (SSSR count). The number of fused-ring (bicyclic) bond motifs is 2. The van der Waals surface area contributed by atoms with Gasteiger partial charge in [0.1, 0.15) is 4.83 Å². The van der Waals surface area contributed by atoms with Gasteiger partial charge in [0.05, 0.1) is 21.4 Å². The molecule has 138 valence electrons. The van der Waals surface area contributed by atoms with Crippen molar-refractivity contribution in [3.05, 3.63) is 46.9 Å². The third-order valence-electron chi connectivity index (χ3n) is 5.42. The first kappa shape index (κ1) is 17.1. The van der Waals surface area contributed by atoms with E-state index in [1.165, 1.54) is 40.9 Å². The predicted octanol–water partition coefficient (Wildman–Crippen LogP) is 5.85. The minimum Gasteiger partial charge on any atom is -0.355 e. The molecule has 3 aromatic heterocycles. The van der Waals surface area contributed by atoms with Crippen LogP contribution in [0.1, 0.15) is 30.6 Å². The number of benzene rings is 1. The SMILES string of the molecule is CCN1CCCC(c2cc3c(Nc4ccc5scnc5c4)ccnc3s2)C1. The summed E-state index contributed by atoms with van der Waals surface area (Å²) in [5.74, 6) is 0.636. The second kappa shape index (κ2) is 7.19. The fourth-order valence-corrected chi connectivity index (χ4v) is 5.74. The summed E-state index contributed by atoms with van der Waals surface area (Å²) in [5.41, 5.74) is 5.14. The number of pyridine rings is 1. The highest BCUT2D eigenvalue weighted by molar-refractivity contribution is 7.18. The van der Waals surface area contributed by atoms with E-state index in [1.54, 1.807) is 11.3 Å². The van der Waals surface area contributed by atoms with Gasteiger partial charge in [-0.15, -0.1) is 22.7 Å². The number of aromatic nitrogens is 2. The van der Waals surface area contributed by atoms with Crippen molar-refractivity contribution in [2.75, 3.05) is 25.0 Å². The molecule has 27 heavy (non-hydrogen) atoms. The average Bonchev–Trinajstić information content (AvgIpc) is 3.35. The number of likely N-dealkylation sites (N-methyl/N-ethyl adjacent to an activating group) is 1. The highest BCUT2D eigenvalue weighted by Gasteiger charge is 2.22. The van der Waals surface area contributed by atoms with Gasteiger partial charge < -0.3 is 10.2 Å². The van der Waals surface area contributed by atoms with Gasteiger partial charge in [-0.1, -0.05) is 6.92 Å². The number of thiazole rings is 1. The summed E-state index contributed by atoms with van der Waals surface area (Å²) >= 11 is 3.53. The lowest BCUT2D eigenvalue weighted by molar-refractivity contribution is 0.219. The Balaban J connectivity index is 1.46. The molecule has 4 heterocycles. The highest BCUT2D eigenvalue weighted by Crippen LogP contribution is 2.38. The summed E-state index contributed by atoms with van der Waals surface area (Å²) in [6.07, 6.45) is 4.48. The number of rotatable bonds is 4. The van der Waals surface area contributed by atoms with Crippen molar-refractivity contribution in [1.82, 2.24) is 14.9 Å². The van der Waals surface area contributed by atoms with Crippen LogP contribution in [0, 0.1) is 0 Å². The lowest BCUT2D eigenvalue weighted by atomic mass is 9.96. The van der Waals surface area contributed by atoms with E-state index in [9.17, 15) is 0 Å². The van der Waals surface area contributed by atoms with E-state index < -0.39 is 0 Å². The minimum atomic E-state index is 0.636. The first-order valence-corrected chi connectivity index (χ1v) is 11.2. The van der Waals surface area contributed by atoms with Crippen LogP contribution >= 0.6 is 22.7 Å². The monoisotopic (exact) mass is 394 g/mol. The molecule has 1 N–H and O–H groups in total. The molecule has 0 radical (unpaired) electrons. The van der Waals surface area contributed by atoms with Crippen LogP contribution in [0.5, 0.6) is 0 Å². The molecule has 1 aromatic carbocycles. The summed E-state index contributed by atoms with van der Waals surface area (Å²) < 4.78 is 1.22. The fraction of sp³-hybridized carbons (Fsp3) is 0.333. The third-order valence-corrected chi connectivity index (χ3v) is 7.43. The van der Waals surface area contributed by atoms with Crippen LogP contribution in [0.4, 0.5) is 11.4 Å². The van der Waals surface area contributed by atoms with Gasteiger partial charge in [-0.2, -0.15) is 0 Å². The predicted molar refractivity (Wildman–Crippen MR) is 117 cm³/mol. The molecule has 0 bridgehead atoms. The Kier molecular flexibility index (Phi) is 4.55. The van der Waals surface area contributed by atoms with Gasteiger partial charge in [-0.25, -0.2) is 9.97 Å². The van der Waals surface area contributed by atoms with Gasteiger partial charge in [0.25, 0.3) is 0 Å². The fourth-order valence-electron chi connectivity index (χ4n) is 3.93. The first-order chi connectivity index (χ1) is 13.3.